The lowest BCUT2D eigenvalue weighted by atomic mass is 10.2. The molecule has 120 valence electrons. The van der Waals surface area contributed by atoms with Gasteiger partial charge in [-0.2, -0.15) is 5.10 Å². The second kappa shape index (κ2) is 5.61. The number of nitrogens with zero attached hydrogens (tertiary/aromatic N) is 3. The number of rotatable bonds is 3. The summed E-state index contributed by atoms with van der Waals surface area (Å²) in [6.07, 6.45) is 3.50. The van der Waals surface area contributed by atoms with Gasteiger partial charge in [0.15, 0.2) is 5.13 Å². The van der Waals surface area contributed by atoms with Crippen molar-refractivity contribution in [1.29, 1.82) is 0 Å². The topological polar surface area (TPSA) is 75.6 Å². The maximum atomic E-state index is 12.7. The first-order valence-electron chi connectivity index (χ1n) is 7.47. The fraction of sp³-hybridized carbons (Fsp3) is 0.118. The highest BCUT2D eigenvalue weighted by Gasteiger charge is 2.18. The van der Waals surface area contributed by atoms with E-state index < -0.39 is 0 Å². The number of carbonyl (C=O) groups excluding carboxylic acids is 1. The standard InChI is InChI=1S/C17H15N5OS/c1-10-7-14(11(2)22(10)17-18-5-6-24-17)16(23)20-13-3-4-15-12(8-13)9-19-21-15/h3-9H,1-2H3,(H,19,21)(H,20,23). The molecule has 3 heterocycles. The lowest BCUT2D eigenvalue weighted by molar-refractivity contribution is 0.102. The van der Waals surface area contributed by atoms with Crippen LogP contribution in [0.15, 0.2) is 42.0 Å². The fourth-order valence-electron chi connectivity index (χ4n) is 2.83. The van der Waals surface area contributed by atoms with Crippen LogP contribution < -0.4 is 5.32 Å². The van der Waals surface area contributed by atoms with Crippen molar-refractivity contribution in [3.05, 3.63) is 59.0 Å². The number of nitrogens with one attached hydrogen (secondary N) is 2. The molecule has 2 N–H and O–H groups in total. The fourth-order valence-corrected chi connectivity index (χ4v) is 3.58. The normalized spacial score (nSPS) is 11.1. The van der Waals surface area contributed by atoms with Crippen molar-refractivity contribution in [3.8, 4) is 5.13 Å². The van der Waals surface area contributed by atoms with E-state index in [9.17, 15) is 4.79 Å². The molecule has 24 heavy (non-hydrogen) atoms. The molecule has 0 radical (unpaired) electrons. The molecule has 4 aromatic rings. The van der Waals surface area contributed by atoms with Crippen molar-refractivity contribution in [3.63, 3.8) is 0 Å². The van der Waals surface area contributed by atoms with Crippen LogP contribution >= 0.6 is 11.3 Å². The summed E-state index contributed by atoms with van der Waals surface area (Å²) < 4.78 is 2.00. The highest BCUT2D eigenvalue weighted by Crippen LogP contribution is 2.24. The number of aryl methyl sites for hydroxylation is 1. The third-order valence-corrected chi connectivity index (χ3v) is 4.74. The molecule has 6 nitrogen and oxygen atoms in total. The number of hydrogen-bond donors (Lipinski definition) is 2. The average Bonchev–Trinajstić information content (AvgIpc) is 3.27. The van der Waals surface area contributed by atoms with E-state index in [0.29, 0.717) is 5.56 Å². The Morgan fingerprint density at radius 1 is 1.29 bits per heavy atom. The first-order chi connectivity index (χ1) is 11.6. The van der Waals surface area contributed by atoms with E-state index in [-0.39, 0.29) is 5.91 Å². The largest absolute Gasteiger partial charge is 0.322 e. The average molecular weight is 337 g/mol. The van der Waals surface area contributed by atoms with Gasteiger partial charge >= 0.3 is 0 Å². The van der Waals surface area contributed by atoms with Crippen molar-refractivity contribution in [1.82, 2.24) is 19.7 Å². The van der Waals surface area contributed by atoms with Crippen LogP contribution in [0, 0.1) is 13.8 Å². The van der Waals surface area contributed by atoms with Crippen LogP contribution in [0.2, 0.25) is 0 Å². The highest BCUT2D eigenvalue weighted by atomic mass is 32.1. The number of carbonyl (C=O) groups is 1. The molecule has 0 bridgehead atoms. The SMILES string of the molecule is Cc1cc(C(=O)Nc2ccc3[nH]ncc3c2)c(C)n1-c1nccs1. The second-order valence-electron chi connectivity index (χ2n) is 5.56. The van der Waals surface area contributed by atoms with Crippen molar-refractivity contribution in [2.75, 3.05) is 5.32 Å². The lowest BCUT2D eigenvalue weighted by Gasteiger charge is -2.07. The Morgan fingerprint density at radius 2 is 2.17 bits per heavy atom. The van der Waals surface area contributed by atoms with Crippen LogP contribution in [0.4, 0.5) is 5.69 Å². The van der Waals surface area contributed by atoms with E-state index >= 15 is 0 Å². The van der Waals surface area contributed by atoms with Gasteiger partial charge in [0, 0.05) is 34.0 Å². The predicted molar refractivity (Wildman–Crippen MR) is 95.0 cm³/mol. The molecule has 0 unspecified atom stereocenters. The number of hydrogen-bond acceptors (Lipinski definition) is 4. The molecular formula is C17H15N5OS. The number of aromatic nitrogens is 4. The van der Waals surface area contributed by atoms with Crippen LogP contribution in [-0.4, -0.2) is 25.7 Å². The zero-order valence-electron chi connectivity index (χ0n) is 13.2. The number of amides is 1. The summed E-state index contributed by atoms with van der Waals surface area (Å²) in [6.45, 7) is 3.91. The Labute approximate surface area is 142 Å². The first-order valence-corrected chi connectivity index (χ1v) is 8.35. The van der Waals surface area contributed by atoms with Crippen LogP contribution in [0.1, 0.15) is 21.7 Å². The van der Waals surface area contributed by atoms with Crippen LogP contribution in [0.5, 0.6) is 0 Å². The van der Waals surface area contributed by atoms with Gasteiger partial charge in [-0.3, -0.25) is 14.5 Å². The third-order valence-electron chi connectivity index (χ3n) is 3.98. The Hall–Kier alpha value is -2.93. The van der Waals surface area contributed by atoms with Gasteiger partial charge in [-0.15, -0.1) is 11.3 Å². The monoisotopic (exact) mass is 337 g/mol. The second-order valence-corrected chi connectivity index (χ2v) is 6.43. The van der Waals surface area contributed by atoms with Gasteiger partial charge in [0.05, 0.1) is 17.3 Å². The molecule has 1 amide bonds. The minimum Gasteiger partial charge on any atom is -0.322 e. The van der Waals surface area contributed by atoms with Gasteiger partial charge in [-0.05, 0) is 38.1 Å². The maximum Gasteiger partial charge on any atom is 0.257 e. The maximum absolute atomic E-state index is 12.7. The van der Waals surface area contributed by atoms with Crippen molar-refractivity contribution >= 4 is 33.8 Å². The van der Waals surface area contributed by atoms with Crippen LogP contribution in [0.25, 0.3) is 16.0 Å². The van der Waals surface area contributed by atoms with E-state index in [2.05, 4.69) is 20.5 Å². The molecule has 0 fully saturated rings. The number of aromatic amines is 1. The quantitative estimate of drug-likeness (QED) is 0.599. The third kappa shape index (κ3) is 2.39. The highest BCUT2D eigenvalue weighted by molar-refractivity contribution is 7.12. The van der Waals surface area contributed by atoms with Crippen molar-refractivity contribution in [2.24, 2.45) is 0 Å². The predicted octanol–water partition coefficient (Wildman–Crippen LogP) is 3.68. The summed E-state index contributed by atoms with van der Waals surface area (Å²) in [5.41, 5.74) is 4.19. The number of thiazole rings is 1. The Morgan fingerprint density at radius 3 is 2.96 bits per heavy atom. The van der Waals surface area contributed by atoms with E-state index in [1.165, 1.54) is 0 Å². The molecule has 7 heteroatoms. The van der Waals surface area contributed by atoms with Crippen LogP contribution in [-0.2, 0) is 0 Å². The van der Waals surface area contributed by atoms with Gasteiger partial charge in [0.1, 0.15) is 0 Å². The Kier molecular flexibility index (Phi) is 3.42. The number of H-pyrrole nitrogens is 1. The van der Waals surface area contributed by atoms with Gasteiger partial charge < -0.3 is 5.32 Å². The number of benzene rings is 1. The zero-order valence-corrected chi connectivity index (χ0v) is 14.0. The number of fused-ring (bicyclic) bond motifs is 1. The first kappa shape index (κ1) is 14.6. The molecule has 0 saturated heterocycles. The molecule has 0 aliphatic heterocycles. The summed E-state index contributed by atoms with van der Waals surface area (Å²) in [5.74, 6) is -0.131. The Balaban J connectivity index is 1.66. The smallest absolute Gasteiger partial charge is 0.257 e. The summed E-state index contributed by atoms with van der Waals surface area (Å²) in [7, 11) is 0. The lowest BCUT2D eigenvalue weighted by Crippen LogP contribution is -2.13. The summed E-state index contributed by atoms with van der Waals surface area (Å²) >= 11 is 1.55. The van der Waals surface area contributed by atoms with Crippen molar-refractivity contribution in [2.45, 2.75) is 13.8 Å². The molecular weight excluding hydrogens is 322 g/mol. The molecule has 3 aromatic heterocycles. The van der Waals surface area contributed by atoms with Crippen LogP contribution in [0.3, 0.4) is 0 Å². The zero-order chi connectivity index (χ0) is 16.7. The van der Waals surface area contributed by atoms with Crippen molar-refractivity contribution < 1.29 is 4.79 Å². The Bertz CT molecular complexity index is 1030. The summed E-state index contributed by atoms with van der Waals surface area (Å²) in [4.78, 5) is 17.0. The van der Waals surface area contributed by atoms with E-state index in [4.69, 9.17) is 0 Å². The molecule has 1 aromatic carbocycles. The summed E-state index contributed by atoms with van der Waals surface area (Å²) in [5, 5.41) is 13.6. The van der Waals surface area contributed by atoms with E-state index in [0.717, 1.165) is 33.1 Å². The molecule has 0 spiro atoms. The molecule has 0 aliphatic rings. The minimum atomic E-state index is -0.131. The molecule has 4 rings (SSSR count). The van der Waals surface area contributed by atoms with Gasteiger partial charge in [-0.1, -0.05) is 0 Å². The van der Waals surface area contributed by atoms with Gasteiger partial charge in [-0.25, -0.2) is 4.98 Å². The minimum absolute atomic E-state index is 0.131. The van der Waals surface area contributed by atoms with E-state index in [1.54, 1.807) is 23.7 Å². The molecule has 0 saturated carbocycles. The molecule has 0 atom stereocenters. The van der Waals surface area contributed by atoms with Gasteiger partial charge in [0.2, 0.25) is 0 Å². The van der Waals surface area contributed by atoms with E-state index in [1.807, 2.05) is 48.1 Å². The summed E-state index contributed by atoms with van der Waals surface area (Å²) in [6, 6.07) is 7.55. The van der Waals surface area contributed by atoms with Gasteiger partial charge in [0.25, 0.3) is 5.91 Å². The number of anilines is 1. The molecule has 0 aliphatic carbocycles.